The monoisotopic (exact) mass is 456 g/mol. The van der Waals surface area contributed by atoms with Gasteiger partial charge >= 0.3 is 0 Å². The Balaban J connectivity index is 2.17. The highest BCUT2D eigenvalue weighted by atomic mass is 29.6. The fourth-order valence-corrected chi connectivity index (χ4v) is 54.8. The number of rotatable bonds is 8. The van der Waals surface area contributed by atoms with Crippen LogP contribution in [0.15, 0.2) is 0 Å². The minimum Gasteiger partial charge on any atom is -0.416 e. The van der Waals surface area contributed by atoms with Crippen LogP contribution in [0, 0.1) is 23.2 Å². The summed E-state index contributed by atoms with van der Waals surface area (Å²) in [6.45, 7) is 23.2. The molecule has 164 valence electrons. The Labute approximate surface area is 179 Å². The summed E-state index contributed by atoms with van der Waals surface area (Å²) < 4.78 is 7.46. The van der Waals surface area contributed by atoms with Crippen molar-refractivity contribution in [1.29, 1.82) is 0 Å². The summed E-state index contributed by atoms with van der Waals surface area (Å²) in [4.78, 5) is 0. The molecule has 1 atom stereocenters. The highest BCUT2D eigenvalue weighted by molar-refractivity contribution is 7.68. The lowest BCUT2D eigenvalue weighted by Crippen LogP contribution is -2.89. The van der Waals surface area contributed by atoms with Crippen LogP contribution in [0.1, 0.15) is 38.5 Å². The van der Waals surface area contributed by atoms with E-state index in [-0.39, 0.29) is 0 Å². The third kappa shape index (κ3) is 3.98. The second-order valence-corrected chi connectivity index (χ2v) is 44.7. The van der Waals surface area contributed by atoms with Gasteiger partial charge in [-0.3, -0.25) is 10.5 Å². The molecule has 0 aliphatic heterocycles. The summed E-state index contributed by atoms with van der Waals surface area (Å²) >= 11 is 0. The van der Waals surface area contributed by atoms with E-state index >= 15 is 0 Å². The normalized spacial score (nSPS) is 34.7. The van der Waals surface area contributed by atoms with E-state index in [2.05, 4.69) is 76.5 Å². The Bertz CT molecular complexity index is 527. The maximum Gasteiger partial charge on any atom is 0.183 e. The second kappa shape index (κ2) is 7.41. The van der Waals surface area contributed by atoms with Gasteiger partial charge in [0, 0.05) is 0 Å². The van der Waals surface area contributed by atoms with E-state index in [1.54, 1.807) is 0 Å². The van der Waals surface area contributed by atoms with Crippen LogP contribution in [-0.2, 0) is 4.43 Å². The Morgan fingerprint density at radius 3 is 1.43 bits per heavy atom. The maximum atomic E-state index is 7.46. The average Bonchev–Trinajstić information content (AvgIpc) is 2.45. The van der Waals surface area contributed by atoms with Crippen molar-refractivity contribution in [2.24, 2.45) is 23.2 Å². The molecule has 0 aromatic carbocycles. The summed E-state index contributed by atoms with van der Waals surface area (Å²) in [7, 11) is -4.40. The first-order valence-electron chi connectivity index (χ1n) is 11.8. The van der Waals surface area contributed by atoms with Gasteiger partial charge in [0.1, 0.15) is 0 Å². The van der Waals surface area contributed by atoms with E-state index in [0.29, 0.717) is 11.1 Å². The first-order valence-corrected chi connectivity index (χ1v) is 26.2. The lowest BCUT2D eigenvalue weighted by Gasteiger charge is -2.66. The summed E-state index contributed by atoms with van der Waals surface area (Å²) in [6.07, 6.45) is 8.95. The average molecular weight is 457 g/mol. The van der Waals surface area contributed by atoms with Crippen molar-refractivity contribution in [2.75, 3.05) is 7.05 Å². The molecule has 4 rings (SSSR count). The van der Waals surface area contributed by atoms with Crippen LogP contribution >= 0.6 is 0 Å². The van der Waals surface area contributed by atoms with E-state index in [1.165, 1.54) is 38.5 Å². The van der Waals surface area contributed by atoms with Crippen LogP contribution in [-0.4, -0.2) is 43.5 Å². The molecule has 0 aromatic heterocycles. The van der Waals surface area contributed by atoms with Gasteiger partial charge in [0.15, 0.2) is 15.6 Å². The van der Waals surface area contributed by atoms with Crippen LogP contribution in [0.4, 0.5) is 0 Å². The first kappa shape index (κ1) is 23.4. The Kier molecular flexibility index (Phi) is 6.20. The highest BCUT2D eigenvalue weighted by Crippen LogP contribution is 2.63. The van der Waals surface area contributed by atoms with Crippen molar-refractivity contribution >= 4 is 30.8 Å². The molecular weight excluding hydrogens is 409 g/mol. The van der Waals surface area contributed by atoms with Gasteiger partial charge in [0.25, 0.3) is 0 Å². The van der Waals surface area contributed by atoms with E-state index < -0.39 is 30.8 Å². The highest BCUT2D eigenvalue weighted by Gasteiger charge is 2.68. The summed E-state index contributed by atoms with van der Waals surface area (Å²) in [6, 6.07) is 0. The smallest absolute Gasteiger partial charge is 0.183 e. The quantitative estimate of drug-likeness (QED) is 0.375. The molecule has 4 aliphatic rings. The molecule has 28 heavy (non-hydrogen) atoms. The Morgan fingerprint density at radius 1 is 0.750 bits per heavy atom. The van der Waals surface area contributed by atoms with Crippen molar-refractivity contribution in [1.82, 2.24) is 10.5 Å². The number of nitrogens with one attached hydrogen (secondary N) is 2. The van der Waals surface area contributed by atoms with Crippen molar-refractivity contribution in [3.05, 3.63) is 0 Å². The van der Waals surface area contributed by atoms with Crippen LogP contribution in [0.3, 0.4) is 0 Å². The fourth-order valence-electron chi connectivity index (χ4n) is 8.07. The lowest BCUT2D eigenvalue weighted by molar-refractivity contribution is -0.0920. The molecule has 4 fully saturated rings. The van der Waals surface area contributed by atoms with Crippen molar-refractivity contribution < 1.29 is 4.43 Å². The van der Waals surface area contributed by atoms with Crippen LogP contribution < -0.4 is 10.5 Å². The summed E-state index contributed by atoms with van der Waals surface area (Å²) in [5, 5.41) is 4.13. The third-order valence-electron chi connectivity index (χ3n) is 8.19. The van der Waals surface area contributed by atoms with Gasteiger partial charge in [-0.15, -0.1) is 0 Å². The van der Waals surface area contributed by atoms with Crippen LogP contribution in [0.25, 0.3) is 0 Å². The maximum absolute atomic E-state index is 7.46. The topological polar surface area (TPSA) is 33.3 Å². The Hall–Kier alpha value is 0.748. The zero-order valence-electron chi connectivity index (χ0n) is 20.5. The summed E-state index contributed by atoms with van der Waals surface area (Å²) in [5.41, 5.74) is 4.51. The van der Waals surface area contributed by atoms with Gasteiger partial charge in [-0.25, -0.2) is 0 Å². The molecule has 4 saturated carbocycles. The second-order valence-electron chi connectivity index (χ2n) is 13.6. The van der Waals surface area contributed by atoms with Gasteiger partial charge in [-0.05, 0) is 88.4 Å². The standard InChI is InChI=1S/C21H48N2OSi4/c1-22-23-28(26(5,6)7,27(8,9)10)20(24-25(2,3)4)21-14-17-11-18(15-21)13-19(12-17)16-21/h17-20,22-23H,11-16H2,1-10H3. The lowest BCUT2D eigenvalue weighted by atomic mass is 9.50. The van der Waals surface area contributed by atoms with E-state index in [1.807, 2.05) is 0 Å². The molecule has 0 amide bonds. The van der Waals surface area contributed by atoms with Crippen LogP contribution in [0.2, 0.25) is 58.9 Å². The first-order chi connectivity index (χ1) is 12.6. The van der Waals surface area contributed by atoms with Crippen molar-refractivity contribution in [2.45, 2.75) is 103 Å². The number of hydrogen-bond acceptors (Lipinski definition) is 3. The molecule has 3 nitrogen and oxygen atoms in total. The minimum atomic E-state index is -1.89. The van der Waals surface area contributed by atoms with E-state index in [9.17, 15) is 0 Å². The molecule has 0 heterocycles. The molecular formula is C21H48N2OSi4. The van der Waals surface area contributed by atoms with E-state index in [4.69, 9.17) is 4.43 Å². The zero-order valence-corrected chi connectivity index (χ0v) is 24.5. The van der Waals surface area contributed by atoms with Gasteiger partial charge in [0.2, 0.25) is 0 Å². The molecule has 4 aliphatic carbocycles. The van der Waals surface area contributed by atoms with Gasteiger partial charge in [-0.2, -0.15) is 0 Å². The van der Waals surface area contributed by atoms with Gasteiger partial charge < -0.3 is 4.43 Å². The van der Waals surface area contributed by atoms with Gasteiger partial charge in [0.05, 0.1) is 20.9 Å². The van der Waals surface area contributed by atoms with Gasteiger partial charge in [-0.1, -0.05) is 39.3 Å². The number of hydrogen-bond donors (Lipinski definition) is 2. The summed E-state index contributed by atoms with van der Waals surface area (Å²) in [5.74, 6) is 2.97. The van der Waals surface area contributed by atoms with E-state index in [0.717, 1.165) is 17.8 Å². The molecule has 7 heteroatoms. The molecule has 1 unspecified atom stereocenters. The zero-order chi connectivity index (χ0) is 21.2. The Morgan fingerprint density at radius 2 is 1.14 bits per heavy atom. The van der Waals surface area contributed by atoms with Crippen LogP contribution in [0.5, 0.6) is 0 Å². The molecule has 0 saturated heterocycles. The molecule has 0 radical (unpaired) electrons. The molecule has 2 N–H and O–H groups in total. The predicted molar refractivity (Wildman–Crippen MR) is 133 cm³/mol. The van der Waals surface area contributed by atoms with Crippen molar-refractivity contribution in [3.8, 4) is 0 Å². The third-order valence-corrected chi connectivity index (χ3v) is 46.3. The molecule has 0 spiro atoms. The van der Waals surface area contributed by atoms with Crippen molar-refractivity contribution in [3.63, 3.8) is 0 Å². The fraction of sp³-hybridized carbons (Fsp3) is 1.00. The number of hydrazine groups is 1. The molecule has 0 aromatic rings. The predicted octanol–water partition coefficient (Wildman–Crippen LogP) is 5.46. The minimum absolute atomic E-state index is 0.464. The SMILES string of the molecule is CNN[Si](C(O[Si](C)(C)C)C12CC3CC(CC(C3)C1)C2)([Si](C)(C)C)[Si](C)(C)C. The molecule has 4 bridgehead atoms. The largest absolute Gasteiger partial charge is 0.416 e.